The highest BCUT2D eigenvalue weighted by atomic mass is 35.5. The van der Waals surface area contributed by atoms with Crippen molar-refractivity contribution < 1.29 is 9.53 Å². The van der Waals surface area contributed by atoms with Gasteiger partial charge in [0.1, 0.15) is 0 Å². The molecule has 0 radical (unpaired) electrons. The van der Waals surface area contributed by atoms with Crippen LogP contribution in [0.3, 0.4) is 0 Å². The second-order valence-electron chi connectivity index (χ2n) is 2.84. The summed E-state index contributed by atoms with van der Waals surface area (Å²) in [7, 11) is 0. The van der Waals surface area contributed by atoms with E-state index in [4.69, 9.17) is 16.3 Å². The van der Waals surface area contributed by atoms with Gasteiger partial charge in [-0.1, -0.05) is 35.1 Å². The molecule has 0 aliphatic carbocycles. The Morgan fingerprint density at radius 2 is 1.87 bits per heavy atom. The van der Waals surface area contributed by atoms with Crippen LogP contribution >= 0.6 is 22.9 Å². The summed E-state index contributed by atoms with van der Waals surface area (Å²) in [6, 6.07) is 11.2. The molecule has 1 aromatic carbocycles. The van der Waals surface area contributed by atoms with Crippen molar-refractivity contribution in [3.8, 4) is 15.5 Å². The molecule has 1 heterocycles. The predicted molar refractivity (Wildman–Crippen MR) is 61.5 cm³/mol. The van der Waals surface area contributed by atoms with E-state index in [-0.39, 0.29) is 0 Å². The first-order chi connectivity index (χ1) is 7.29. The molecule has 2 nitrogen and oxygen atoms in total. The fraction of sp³-hybridized carbons (Fsp3) is 0. The number of ether oxygens (including phenoxy) is 1. The molecule has 0 unspecified atom stereocenters. The van der Waals surface area contributed by atoms with Crippen molar-refractivity contribution in [2.75, 3.05) is 0 Å². The summed E-state index contributed by atoms with van der Waals surface area (Å²) in [4.78, 5) is 11.2. The van der Waals surface area contributed by atoms with E-state index in [1.54, 1.807) is 6.07 Å². The zero-order valence-corrected chi connectivity index (χ0v) is 9.22. The number of carbonyl (C=O) groups excluding carboxylic acids is 1. The van der Waals surface area contributed by atoms with Gasteiger partial charge in [0.15, 0.2) is 5.06 Å². The molecule has 0 N–H and O–H groups in total. The van der Waals surface area contributed by atoms with Crippen LogP contribution in [0.2, 0.25) is 5.02 Å². The molecule has 2 aromatic rings. The molecule has 0 saturated heterocycles. The zero-order valence-electron chi connectivity index (χ0n) is 7.64. The van der Waals surface area contributed by atoms with Crippen molar-refractivity contribution in [1.29, 1.82) is 0 Å². The van der Waals surface area contributed by atoms with Gasteiger partial charge >= 0.3 is 0 Å². The van der Waals surface area contributed by atoms with Gasteiger partial charge in [0.05, 0.1) is 0 Å². The summed E-state index contributed by atoms with van der Waals surface area (Å²) in [6.07, 6.45) is 0. The van der Waals surface area contributed by atoms with E-state index < -0.39 is 0 Å². The lowest BCUT2D eigenvalue weighted by molar-refractivity contribution is -0.120. The van der Waals surface area contributed by atoms with Crippen LogP contribution in [0.25, 0.3) is 10.4 Å². The van der Waals surface area contributed by atoms with Crippen molar-refractivity contribution in [3.63, 3.8) is 0 Å². The fourth-order valence-electron chi connectivity index (χ4n) is 1.20. The number of halogens is 1. The molecule has 76 valence electrons. The molecule has 0 atom stereocenters. The van der Waals surface area contributed by atoms with E-state index in [1.807, 2.05) is 30.3 Å². The van der Waals surface area contributed by atoms with Crippen LogP contribution in [-0.4, -0.2) is 6.47 Å². The first-order valence-electron chi connectivity index (χ1n) is 4.25. The summed E-state index contributed by atoms with van der Waals surface area (Å²) in [5, 5.41) is 1.30. The molecule has 0 spiro atoms. The Morgan fingerprint density at radius 3 is 2.53 bits per heavy atom. The largest absolute Gasteiger partial charge is 0.418 e. The third-order valence-electron chi connectivity index (χ3n) is 1.87. The zero-order chi connectivity index (χ0) is 10.7. The van der Waals surface area contributed by atoms with Crippen LogP contribution < -0.4 is 4.74 Å². The van der Waals surface area contributed by atoms with Gasteiger partial charge in [0.25, 0.3) is 6.47 Å². The van der Waals surface area contributed by atoms with Gasteiger partial charge < -0.3 is 4.74 Å². The van der Waals surface area contributed by atoms with E-state index in [2.05, 4.69) is 0 Å². The molecule has 0 saturated carbocycles. The van der Waals surface area contributed by atoms with E-state index in [9.17, 15) is 4.79 Å². The molecular formula is C11H7ClO2S. The molecule has 15 heavy (non-hydrogen) atoms. The van der Waals surface area contributed by atoms with Crippen LogP contribution in [0.15, 0.2) is 36.4 Å². The lowest BCUT2D eigenvalue weighted by Crippen LogP contribution is -1.82. The van der Waals surface area contributed by atoms with Gasteiger partial charge in [-0.25, -0.2) is 0 Å². The first-order valence-corrected chi connectivity index (χ1v) is 5.45. The Balaban J connectivity index is 2.28. The molecule has 0 amide bonds. The quantitative estimate of drug-likeness (QED) is 0.764. The normalized spacial score (nSPS) is 9.93. The van der Waals surface area contributed by atoms with E-state index in [1.165, 1.54) is 11.3 Å². The van der Waals surface area contributed by atoms with Crippen LogP contribution in [0.1, 0.15) is 0 Å². The van der Waals surface area contributed by atoms with Crippen molar-refractivity contribution in [3.05, 3.63) is 41.4 Å². The van der Waals surface area contributed by atoms with Crippen molar-refractivity contribution in [2.45, 2.75) is 0 Å². The van der Waals surface area contributed by atoms with Crippen molar-refractivity contribution in [2.24, 2.45) is 0 Å². The molecular weight excluding hydrogens is 232 g/mol. The third-order valence-corrected chi connectivity index (χ3v) is 3.15. The van der Waals surface area contributed by atoms with Gasteiger partial charge in [-0.3, -0.25) is 4.79 Å². The predicted octanol–water partition coefficient (Wildman–Crippen LogP) is 3.60. The molecule has 0 fully saturated rings. The summed E-state index contributed by atoms with van der Waals surface area (Å²) in [5.74, 6) is 0. The molecule has 0 aliphatic rings. The second kappa shape index (κ2) is 4.47. The highest BCUT2D eigenvalue weighted by Crippen LogP contribution is 2.33. The fourth-order valence-corrected chi connectivity index (χ4v) is 2.16. The Labute approximate surface area is 96.1 Å². The maximum atomic E-state index is 10.1. The second-order valence-corrected chi connectivity index (χ2v) is 4.32. The number of hydrogen-bond donors (Lipinski definition) is 0. The number of hydrogen-bond acceptors (Lipinski definition) is 3. The molecule has 1 aromatic heterocycles. The van der Waals surface area contributed by atoms with Crippen LogP contribution in [-0.2, 0) is 4.79 Å². The average Bonchev–Trinajstić information content (AvgIpc) is 2.68. The van der Waals surface area contributed by atoms with Crippen LogP contribution in [0.4, 0.5) is 0 Å². The monoisotopic (exact) mass is 238 g/mol. The lowest BCUT2D eigenvalue weighted by atomic mass is 10.2. The van der Waals surface area contributed by atoms with Crippen molar-refractivity contribution in [1.82, 2.24) is 0 Å². The summed E-state index contributed by atoms with van der Waals surface area (Å²) >= 11 is 7.21. The number of carbonyl (C=O) groups is 1. The first kappa shape index (κ1) is 10.2. The number of rotatable bonds is 3. The van der Waals surface area contributed by atoms with E-state index >= 15 is 0 Å². The third kappa shape index (κ3) is 2.37. The van der Waals surface area contributed by atoms with Gasteiger partial charge in [0.2, 0.25) is 0 Å². The Morgan fingerprint density at radius 1 is 1.13 bits per heavy atom. The number of benzene rings is 1. The maximum absolute atomic E-state index is 10.1. The van der Waals surface area contributed by atoms with Gasteiger partial charge in [-0.15, -0.1) is 0 Å². The minimum absolute atomic E-state index is 0.428. The highest BCUT2D eigenvalue weighted by molar-refractivity contribution is 7.17. The highest BCUT2D eigenvalue weighted by Gasteiger charge is 2.03. The topological polar surface area (TPSA) is 26.3 Å². The molecule has 0 aliphatic heterocycles. The summed E-state index contributed by atoms with van der Waals surface area (Å²) < 4.78 is 4.74. The van der Waals surface area contributed by atoms with E-state index in [0.717, 1.165) is 10.4 Å². The Kier molecular flexibility index (Phi) is 3.04. The Hall–Kier alpha value is -1.32. The molecule has 2 rings (SSSR count). The molecule has 0 bridgehead atoms. The minimum atomic E-state index is 0.428. The van der Waals surface area contributed by atoms with E-state index in [0.29, 0.717) is 16.6 Å². The van der Waals surface area contributed by atoms with Crippen LogP contribution in [0.5, 0.6) is 5.06 Å². The standard InChI is InChI=1S/C11H7ClO2S/c12-9-3-1-8(2-4-9)10-5-6-11(15-10)14-7-13/h1-7H. The summed E-state index contributed by atoms with van der Waals surface area (Å²) in [5.41, 5.74) is 1.06. The van der Waals surface area contributed by atoms with Gasteiger partial charge in [-0.2, -0.15) is 0 Å². The van der Waals surface area contributed by atoms with Gasteiger partial charge in [0, 0.05) is 9.90 Å². The minimum Gasteiger partial charge on any atom is -0.418 e. The smallest absolute Gasteiger partial charge is 0.299 e. The average molecular weight is 239 g/mol. The SMILES string of the molecule is O=COc1ccc(-c2ccc(Cl)cc2)s1. The van der Waals surface area contributed by atoms with Gasteiger partial charge in [-0.05, 0) is 29.8 Å². The molecule has 4 heteroatoms. The number of thiophene rings is 1. The lowest BCUT2D eigenvalue weighted by Gasteiger charge is -1.96. The Bertz CT molecular complexity index is 462. The van der Waals surface area contributed by atoms with Crippen LogP contribution in [0, 0.1) is 0 Å². The maximum Gasteiger partial charge on any atom is 0.299 e. The van der Waals surface area contributed by atoms with Crippen molar-refractivity contribution >= 4 is 29.4 Å². The summed E-state index contributed by atoms with van der Waals surface area (Å²) in [6.45, 7) is 0.428.